The number of benzene rings is 1. The van der Waals surface area contributed by atoms with Crippen molar-refractivity contribution in [3.63, 3.8) is 0 Å². The average molecular weight is 283 g/mol. The second kappa shape index (κ2) is 7.04. The van der Waals surface area contributed by atoms with Crippen LogP contribution in [0.25, 0.3) is 0 Å². The van der Waals surface area contributed by atoms with Gasteiger partial charge >= 0.3 is 0 Å². The molecule has 0 aliphatic rings. The van der Waals surface area contributed by atoms with Gasteiger partial charge in [0.05, 0.1) is 6.54 Å². The SMILES string of the molecule is CCCN(CC(=O)NC)c1ccc(C(N)=S)c(F)c1. The average Bonchev–Trinajstić information content (AvgIpc) is 2.37. The quantitative estimate of drug-likeness (QED) is 0.775. The number of carbonyl (C=O) groups is 1. The summed E-state index contributed by atoms with van der Waals surface area (Å²) in [5.41, 5.74) is 6.27. The van der Waals surface area contributed by atoms with Gasteiger partial charge < -0.3 is 16.0 Å². The summed E-state index contributed by atoms with van der Waals surface area (Å²) in [6, 6.07) is 4.61. The van der Waals surface area contributed by atoms with Crippen LogP contribution < -0.4 is 16.0 Å². The van der Waals surface area contributed by atoms with Gasteiger partial charge in [-0.15, -0.1) is 0 Å². The molecule has 0 spiro atoms. The second-order valence-electron chi connectivity index (χ2n) is 4.12. The zero-order valence-corrected chi connectivity index (χ0v) is 11.9. The normalized spacial score (nSPS) is 10.1. The molecule has 104 valence electrons. The first-order chi connectivity index (χ1) is 8.99. The fourth-order valence-corrected chi connectivity index (χ4v) is 1.89. The topological polar surface area (TPSA) is 58.4 Å². The lowest BCUT2D eigenvalue weighted by Gasteiger charge is -2.23. The summed E-state index contributed by atoms with van der Waals surface area (Å²) in [5, 5.41) is 2.55. The molecule has 0 bridgehead atoms. The minimum absolute atomic E-state index is 0.0254. The van der Waals surface area contributed by atoms with Gasteiger partial charge in [-0.05, 0) is 24.6 Å². The predicted octanol–water partition coefficient (Wildman–Crippen LogP) is 1.42. The van der Waals surface area contributed by atoms with Crippen molar-refractivity contribution in [2.45, 2.75) is 13.3 Å². The number of nitrogens with two attached hydrogens (primary N) is 1. The molecule has 0 aliphatic carbocycles. The van der Waals surface area contributed by atoms with Gasteiger partial charge in [0, 0.05) is 24.8 Å². The largest absolute Gasteiger partial charge is 0.389 e. The molecule has 0 fully saturated rings. The molecule has 0 unspecified atom stereocenters. The fourth-order valence-electron chi connectivity index (χ4n) is 1.72. The summed E-state index contributed by atoms with van der Waals surface area (Å²) in [6.07, 6.45) is 0.857. The Labute approximate surface area is 117 Å². The molecule has 0 heterocycles. The third kappa shape index (κ3) is 4.17. The maximum absolute atomic E-state index is 13.8. The number of anilines is 1. The van der Waals surface area contributed by atoms with Gasteiger partial charge in [0.1, 0.15) is 10.8 Å². The Morgan fingerprint density at radius 1 is 1.53 bits per heavy atom. The van der Waals surface area contributed by atoms with Crippen molar-refractivity contribution in [3.05, 3.63) is 29.6 Å². The molecule has 1 amide bonds. The molecule has 1 aromatic carbocycles. The van der Waals surface area contributed by atoms with Crippen molar-refractivity contribution < 1.29 is 9.18 Å². The van der Waals surface area contributed by atoms with Crippen LogP contribution in [0.1, 0.15) is 18.9 Å². The first kappa shape index (κ1) is 15.4. The van der Waals surface area contributed by atoms with E-state index in [4.69, 9.17) is 18.0 Å². The summed E-state index contributed by atoms with van der Waals surface area (Å²) in [7, 11) is 1.57. The first-order valence-electron chi connectivity index (χ1n) is 6.04. The van der Waals surface area contributed by atoms with Crippen molar-refractivity contribution in [2.75, 3.05) is 25.0 Å². The number of thiocarbonyl (C=S) groups is 1. The molecule has 6 heteroatoms. The highest BCUT2D eigenvalue weighted by molar-refractivity contribution is 7.80. The Hall–Kier alpha value is -1.69. The van der Waals surface area contributed by atoms with Crippen molar-refractivity contribution >= 4 is 28.8 Å². The highest BCUT2D eigenvalue weighted by Crippen LogP contribution is 2.19. The van der Waals surface area contributed by atoms with Crippen LogP contribution in [0.4, 0.5) is 10.1 Å². The van der Waals surface area contributed by atoms with Crippen LogP contribution in [0.2, 0.25) is 0 Å². The van der Waals surface area contributed by atoms with E-state index in [0.717, 1.165) is 6.42 Å². The van der Waals surface area contributed by atoms with E-state index in [9.17, 15) is 9.18 Å². The Kier molecular flexibility index (Phi) is 5.69. The summed E-state index contributed by atoms with van der Waals surface area (Å²) in [4.78, 5) is 13.3. The fraction of sp³-hybridized carbons (Fsp3) is 0.385. The molecular formula is C13H18FN3OS. The number of nitrogens with zero attached hydrogens (tertiary/aromatic N) is 1. The first-order valence-corrected chi connectivity index (χ1v) is 6.45. The van der Waals surface area contributed by atoms with Crippen LogP contribution in [0.3, 0.4) is 0 Å². The van der Waals surface area contributed by atoms with Crippen LogP contribution in [0.5, 0.6) is 0 Å². The number of nitrogens with one attached hydrogen (secondary N) is 1. The Bertz CT molecular complexity index is 479. The lowest BCUT2D eigenvalue weighted by Crippen LogP contribution is -2.36. The highest BCUT2D eigenvalue weighted by Gasteiger charge is 2.13. The van der Waals surface area contributed by atoms with Gasteiger partial charge in [-0.1, -0.05) is 19.1 Å². The van der Waals surface area contributed by atoms with Gasteiger partial charge in [0.25, 0.3) is 0 Å². The van der Waals surface area contributed by atoms with Crippen LogP contribution in [0, 0.1) is 5.82 Å². The van der Waals surface area contributed by atoms with Crippen LogP contribution in [-0.4, -0.2) is 31.0 Å². The third-order valence-corrected chi connectivity index (χ3v) is 2.91. The number of hydrogen-bond acceptors (Lipinski definition) is 3. The zero-order chi connectivity index (χ0) is 14.4. The number of rotatable bonds is 6. The van der Waals surface area contributed by atoms with Gasteiger partial charge in [-0.25, -0.2) is 4.39 Å². The monoisotopic (exact) mass is 283 g/mol. The van der Waals surface area contributed by atoms with E-state index in [1.165, 1.54) is 6.07 Å². The number of halogens is 1. The summed E-state index contributed by atoms with van der Waals surface area (Å²) < 4.78 is 13.8. The van der Waals surface area contributed by atoms with E-state index in [1.807, 2.05) is 11.8 Å². The minimum atomic E-state index is -0.469. The van der Waals surface area contributed by atoms with Crippen molar-refractivity contribution in [1.82, 2.24) is 5.32 Å². The smallest absolute Gasteiger partial charge is 0.239 e. The van der Waals surface area contributed by atoms with Gasteiger partial charge in [0.15, 0.2) is 0 Å². The number of likely N-dealkylation sites (N-methyl/N-ethyl adjacent to an activating group) is 1. The van der Waals surface area contributed by atoms with Crippen molar-refractivity contribution in [3.8, 4) is 0 Å². The summed E-state index contributed by atoms with van der Waals surface area (Å²) in [6.45, 7) is 2.85. The summed E-state index contributed by atoms with van der Waals surface area (Å²) >= 11 is 4.76. The lowest BCUT2D eigenvalue weighted by atomic mass is 10.1. The molecule has 19 heavy (non-hydrogen) atoms. The maximum Gasteiger partial charge on any atom is 0.239 e. The van der Waals surface area contributed by atoms with Crippen LogP contribution >= 0.6 is 12.2 Å². The molecule has 0 atom stereocenters. The molecule has 0 saturated heterocycles. The minimum Gasteiger partial charge on any atom is -0.389 e. The van der Waals surface area contributed by atoms with Crippen LogP contribution in [0.15, 0.2) is 18.2 Å². The van der Waals surface area contributed by atoms with Gasteiger partial charge in [-0.3, -0.25) is 4.79 Å². The molecular weight excluding hydrogens is 265 g/mol. The highest BCUT2D eigenvalue weighted by atomic mass is 32.1. The zero-order valence-electron chi connectivity index (χ0n) is 11.1. The molecule has 4 nitrogen and oxygen atoms in total. The molecule has 1 rings (SSSR count). The van der Waals surface area contributed by atoms with E-state index < -0.39 is 5.82 Å². The number of carbonyl (C=O) groups excluding carboxylic acids is 1. The van der Waals surface area contributed by atoms with Crippen LogP contribution in [-0.2, 0) is 4.79 Å². The Balaban J connectivity index is 2.99. The number of amides is 1. The lowest BCUT2D eigenvalue weighted by molar-refractivity contribution is -0.119. The molecule has 1 aromatic rings. The molecule has 0 aromatic heterocycles. The van der Waals surface area contributed by atoms with Gasteiger partial charge in [0.2, 0.25) is 5.91 Å². The van der Waals surface area contributed by atoms with E-state index in [1.54, 1.807) is 19.2 Å². The molecule has 0 aliphatic heterocycles. The summed E-state index contributed by atoms with van der Waals surface area (Å²) in [5.74, 6) is -0.588. The molecule has 0 saturated carbocycles. The third-order valence-electron chi connectivity index (χ3n) is 2.69. The van der Waals surface area contributed by atoms with E-state index in [-0.39, 0.29) is 23.0 Å². The van der Waals surface area contributed by atoms with E-state index >= 15 is 0 Å². The van der Waals surface area contributed by atoms with Gasteiger partial charge in [-0.2, -0.15) is 0 Å². The molecule has 3 N–H and O–H groups in total. The molecule has 0 radical (unpaired) electrons. The standard InChI is InChI=1S/C13H18FN3OS/c1-3-6-17(8-12(18)16-2)9-4-5-10(13(15)19)11(14)7-9/h4-5,7H,3,6,8H2,1-2H3,(H2,15,19)(H,16,18). The van der Waals surface area contributed by atoms with E-state index in [0.29, 0.717) is 12.2 Å². The van der Waals surface area contributed by atoms with Crippen molar-refractivity contribution in [2.24, 2.45) is 5.73 Å². The Morgan fingerprint density at radius 3 is 2.68 bits per heavy atom. The Morgan fingerprint density at radius 2 is 2.21 bits per heavy atom. The van der Waals surface area contributed by atoms with E-state index in [2.05, 4.69) is 5.32 Å². The van der Waals surface area contributed by atoms with Crippen molar-refractivity contribution in [1.29, 1.82) is 0 Å². The second-order valence-corrected chi connectivity index (χ2v) is 4.56. The number of hydrogen-bond donors (Lipinski definition) is 2. The maximum atomic E-state index is 13.8. The predicted molar refractivity (Wildman–Crippen MR) is 78.9 cm³/mol.